The predicted molar refractivity (Wildman–Crippen MR) is 91.7 cm³/mol. The summed E-state index contributed by atoms with van der Waals surface area (Å²) in [7, 11) is 3.39. The second-order valence-electron chi connectivity index (χ2n) is 4.62. The molecule has 0 fully saturated rings. The number of hydrogen-bond donors (Lipinski definition) is 1. The molecule has 0 aliphatic carbocycles. The minimum Gasteiger partial charge on any atom is -0.496 e. The van der Waals surface area contributed by atoms with E-state index in [4.69, 9.17) is 9.47 Å². The van der Waals surface area contributed by atoms with Gasteiger partial charge in [-0.2, -0.15) is 0 Å². The van der Waals surface area contributed by atoms with Gasteiger partial charge in [0.2, 0.25) is 0 Å². The molecule has 1 heterocycles. The first-order valence-corrected chi connectivity index (χ1v) is 8.54. The molecule has 2 rings (SSSR count). The summed E-state index contributed by atoms with van der Waals surface area (Å²) < 4.78 is 12.2. The Morgan fingerprint density at radius 2 is 1.90 bits per heavy atom. The van der Waals surface area contributed by atoms with Gasteiger partial charge in [-0.25, -0.2) is 0 Å². The van der Waals surface area contributed by atoms with Crippen molar-refractivity contribution in [2.45, 2.75) is 19.4 Å². The van der Waals surface area contributed by atoms with Crippen LogP contribution in [0.5, 0.6) is 11.5 Å². The molecule has 1 unspecified atom stereocenters. The van der Waals surface area contributed by atoms with Crippen LogP contribution in [0.1, 0.15) is 23.4 Å². The number of halogens is 1. The molecule has 0 bridgehead atoms. The lowest BCUT2D eigenvalue weighted by Gasteiger charge is -2.22. The van der Waals surface area contributed by atoms with Gasteiger partial charge in [-0.15, -0.1) is 11.3 Å². The number of methoxy groups -OCH3 is 2. The highest BCUT2D eigenvalue weighted by atomic mass is 79.9. The lowest BCUT2D eigenvalue weighted by molar-refractivity contribution is 0.371. The van der Waals surface area contributed by atoms with Crippen molar-refractivity contribution in [2.24, 2.45) is 0 Å². The van der Waals surface area contributed by atoms with Gasteiger partial charge in [0.15, 0.2) is 0 Å². The average Bonchev–Trinajstić information content (AvgIpc) is 2.91. The van der Waals surface area contributed by atoms with Crippen molar-refractivity contribution in [3.8, 4) is 11.5 Å². The molecule has 0 saturated heterocycles. The van der Waals surface area contributed by atoms with E-state index < -0.39 is 0 Å². The SMILES string of the molecule is CCNC(Cc1cc(Br)cs1)c1c(OC)cccc1OC. The number of ether oxygens (including phenoxy) is 2. The Labute approximate surface area is 138 Å². The quantitative estimate of drug-likeness (QED) is 0.783. The fraction of sp³-hybridized carbons (Fsp3) is 0.375. The largest absolute Gasteiger partial charge is 0.496 e. The second kappa shape index (κ2) is 7.82. The maximum absolute atomic E-state index is 5.53. The first-order chi connectivity index (χ1) is 10.2. The zero-order chi connectivity index (χ0) is 15.2. The van der Waals surface area contributed by atoms with Crippen molar-refractivity contribution >= 4 is 27.3 Å². The van der Waals surface area contributed by atoms with E-state index in [9.17, 15) is 0 Å². The van der Waals surface area contributed by atoms with Crippen LogP contribution in [-0.4, -0.2) is 20.8 Å². The van der Waals surface area contributed by atoms with Crippen LogP contribution in [0.4, 0.5) is 0 Å². The lowest BCUT2D eigenvalue weighted by atomic mass is 10.0. The Morgan fingerprint density at radius 1 is 1.24 bits per heavy atom. The van der Waals surface area contributed by atoms with Gasteiger partial charge in [-0.3, -0.25) is 0 Å². The van der Waals surface area contributed by atoms with Crippen molar-refractivity contribution < 1.29 is 9.47 Å². The van der Waals surface area contributed by atoms with E-state index in [-0.39, 0.29) is 6.04 Å². The topological polar surface area (TPSA) is 30.5 Å². The summed E-state index contributed by atoms with van der Waals surface area (Å²) in [6.07, 6.45) is 0.904. The Hall–Kier alpha value is -1.04. The molecule has 3 nitrogen and oxygen atoms in total. The Kier molecular flexibility index (Phi) is 6.08. The highest BCUT2D eigenvalue weighted by Crippen LogP contribution is 2.36. The summed E-state index contributed by atoms with van der Waals surface area (Å²) in [4.78, 5) is 1.32. The molecule has 0 radical (unpaired) electrons. The number of benzene rings is 1. The van der Waals surface area contributed by atoms with Gasteiger partial charge in [0, 0.05) is 27.2 Å². The van der Waals surface area contributed by atoms with Gasteiger partial charge in [0.1, 0.15) is 11.5 Å². The molecule has 2 aromatic rings. The number of rotatable bonds is 7. The summed E-state index contributed by atoms with van der Waals surface area (Å²) in [5.41, 5.74) is 1.08. The van der Waals surface area contributed by atoms with Gasteiger partial charge in [0.05, 0.1) is 19.8 Å². The minimum absolute atomic E-state index is 0.159. The van der Waals surface area contributed by atoms with Crippen LogP contribution in [-0.2, 0) is 6.42 Å². The van der Waals surface area contributed by atoms with E-state index in [2.05, 4.69) is 39.6 Å². The lowest BCUT2D eigenvalue weighted by Crippen LogP contribution is -2.23. The Balaban J connectivity index is 2.37. The molecule has 1 atom stereocenters. The van der Waals surface area contributed by atoms with Gasteiger partial charge in [0.25, 0.3) is 0 Å². The third-order valence-electron chi connectivity index (χ3n) is 3.29. The summed E-state index contributed by atoms with van der Waals surface area (Å²) >= 11 is 5.27. The van der Waals surface area contributed by atoms with Crippen LogP contribution >= 0.6 is 27.3 Å². The maximum atomic E-state index is 5.53. The molecule has 0 saturated carbocycles. The van der Waals surface area contributed by atoms with E-state index in [0.717, 1.165) is 34.5 Å². The highest BCUT2D eigenvalue weighted by Gasteiger charge is 2.21. The van der Waals surface area contributed by atoms with Crippen molar-refractivity contribution in [1.29, 1.82) is 0 Å². The Bertz CT molecular complexity index is 563. The highest BCUT2D eigenvalue weighted by molar-refractivity contribution is 9.10. The number of thiophene rings is 1. The van der Waals surface area contributed by atoms with Crippen LogP contribution in [0.2, 0.25) is 0 Å². The third kappa shape index (κ3) is 3.99. The minimum atomic E-state index is 0.159. The standard InChI is InChI=1S/C16H20BrNO2S/c1-4-18-13(9-12-8-11(17)10-21-12)16-14(19-2)6-5-7-15(16)20-3/h5-8,10,13,18H,4,9H2,1-3H3. The molecule has 0 aliphatic rings. The van der Waals surface area contributed by atoms with Crippen LogP contribution in [0.3, 0.4) is 0 Å². The zero-order valence-electron chi connectivity index (χ0n) is 12.5. The molecule has 5 heteroatoms. The molecule has 0 amide bonds. The van der Waals surface area contributed by atoms with Crippen molar-refractivity contribution in [1.82, 2.24) is 5.32 Å². The molecule has 0 aliphatic heterocycles. The first kappa shape index (κ1) is 16.3. The van der Waals surface area contributed by atoms with Crippen LogP contribution in [0, 0.1) is 0 Å². The van der Waals surface area contributed by atoms with Crippen LogP contribution in [0.15, 0.2) is 34.1 Å². The van der Waals surface area contributed by atoms with Gasteiger partial charge in [-0.05, 0) is 40.7 Å². The third-order valence-corrected chi connectivity index (χ3v) is 5.01. The summed E-state index contributed by atoms with van der Waals surface area (Å²) in [6.45, 7) is 3.00. The zero-order valence-corrected chi connectivity index (χ0v) is 14.9. The fourth-order valence-electron chi connectivity index (χ4n) is 2.41. The van der Waals surface area contributed by atoms with Crippen LogP contribution < -0.4 is 14.8 Å². The predicted octanol–water partition coefficient (Wildman–Crippen LogP) is 4.42. The Morgan fingerprint density at radius 3 is 2.38 bits per heavy atom. The molecule has 0 spiro atoms. The van der Waals surface area contributed by atoms with Gasteiger partial charge in [-0.1, -0.05) is 13.0 Å². The summed E-state index contributed by atoms with van der Waals surface area (Å²) in [5, 5.41) is 5.65. The van der Waals surface area contributed by atoms with Crippen molar-refractivity contribution in [3.63, 3.8) is 0 Å². The van der Waals surface area contributed by atoms with E-state index in [0.29, 0.717) is 0 Å². The average molecular weight is 370 g/mol. The normalized spacial score (nSPS) is 12.2. The molecular weight excluding hydrogens is 350 g/mol. The van der Waals surface area contributed by atoms with E-state index in [1.807, 2.05) is 18.2 Å². The van der Waals surface area contributed by atoms with E-state index in [1.54, 1.807) is 25.6 Å². The second-order valence-corrected chi connectivity index (χ2v) is 6.53. The number of hydrogen-bond acceptors (Lipinski definition) is 4. The molecular formula is C16H20BrNO2S. The van der Waals surface area contributed by atoms with E-state index >= 15 is 0 Å². The number of nitrogens with one attached hydrogen (secondary N) is 1. The monoisotopic (exact) mass is 369 g/mol. The maximum Gasteiger partial charge on any atom is 0.127 e. The summed E-state index contributed by atoms with van der Waals surface area (Å²) in [6, 6.07) is 8.23. The van der Waals surface area contributed by atoms with Crippen molar-refractivity contribution in [2.75, 3.05) is 20.8 Å². The van der Waals surface area contributed by atoms with Gasteiger partial charge < -0.3 is 14.8 Å². The van der Waals surface area contributed by atoms with Crippen LogP contribution in [0.25, 0.3) is 0 Å². The number of likely N-dealkylation sites (N-methyl/N-ethyl adjacent to an activating group) is 1. The van der Waals surface area contributed by atoms with Crippen molar-refractivity contribution in [3.05, 3.63) is 44.6 Å². The molecule has 114 valence electrons. The first-order valence-electron chi connectivity index (χ1n) is 6.86. The smallest absolute Gasteiger partial charge is 0.127 e. The molecule has 21 heavy (non-hydrogen) atoms. The molecule has 1 aromatic heterocycles. The fourth-order valence-corrected chi connectivity index (χ4v) is 3.91. The molecule has 1 N–H and O–H groups in total. The molecule has 1 aromatic carbocycles. The summed E-state index contributed by atoms with van der Waals surface area (Å²) in [5.74, 6) is 1.71. The van der Waals surface area contributed by atoms with E-state index in [1.165, 1.54) is 4.88 Å². The van der Waals surface area contributed by atoms with Gasteiger partial charge >= 0.3 is 0 Å².